The number of carboxylic acid groups (broad SMARTS) is 1. The summed E-state index contributed by atoms with van der Waals surface area (Å²) in [5, 5.41) is 9.02. The molecule has 1 aliphatic heterocycles. The van der Waals surface area contributed by atoms with Crippen molar-refractivity contribution in [3.8, 4) is 0 Å². The van der Waals surface area contributed by atoms with E-state index < -0.39 is 23.5 Å². The maximum absolute atomic E-state index is 13.6. The molecule has 1 N–H and O–H groups in total. The summed E-state index contributed by atoms with van der Waals surface area (Å²) in [6, 6.07) is 7.86. The zero-order valence-electron chi connectivity index (χ0n) is 12.9. The van der Waals surface area contributed by atoms with Gasteiger partial charge in [0.05, 0.1) is 21.8 Å². The fourth-order valence-electron chi connectivity index (χ4n) is 2.57. The van der Waals surface area contributed by atoms with Crippen LogP contribution in [0.25, 0.3) is 6.08 Å². The molecule has 0 saturated heterocycles. The van der Waals surface area contributed by atoms with Crippen LogP contribution < -0.4 is 4.90 Å². The summed E-state index contributed by atoms with van der Waals surface area (Å²) in [6.45, 7) is 0. The van der Waals surface area contributed by atoms with E-state index in [4.69, 9.17) is 16.7 Å². The molecule has 25 heavy (non-hydrogen) atoms. The molecule has 0 fully saturated rings. The molecule has 1 heterocycles. The largest absolute Gasteiger partial charge is 0.478 e. The van der Waals surface area contributed by atoms with Gasteiger partial charge in [0, 0.05) is 12.6 Å². The van der Waals surface area contributed by atoms with Crippen molar-refractivity contribution in [2.24, 2.45) is 0 Å². The number of aromatic carboxylic acids is 1. The molecule has 5 nitrogen and oxygen atoms in total. The second kappa shape index (κ2) is 6.14. The molecule has 0 spiro atoms. The van der Waals surface area contributed by atoms with Crippen molar-refractivity contribution >= 4 is 41.0 Å². The Labute approximate surface area is 146 Å². The van der Waals surface area contributed by atoms with Crippen molar-refractivity contribution in [1.29, 1.82) is 0 Å². The van der Waals surface area contributed by atoms with Crippen LogP contribution in [0.3, 0.4) is 0 Å². The summed E-state index contributed by atoms with van der Waals surface area (Å²) in [7, 11) is 1.48. The summed E-state index contributed by atoms with van der Waals surface area (Å²) in [5.41, 5.74) is 0.470. The minimum absolute atomic E-state index is 0.0632. The van der Waals surface area contributed by atoms with E-state index in [1.807, 2.05) is 0 Å². The van der Waals surface area contributed by atoms with Gasteiger partial charge in [-0.3, -0.25) is 9.59 Å². The normalized spacial score (nSPS) is 15.5. The van der Waals surface area contributed by atoms with Gasteiger partial charge in [0.2, 0.25) is 5.78 Å². The predicted molar refractivity (Wildman–Crippen MR) is 90.5 cm³/mol. The Kier molecular flexibility index (Phi) is 4.14. The molecule has 0 bridgehead atoms. The molecule has 126 valence electrons. The highest BCUT2D eigenvalue weighted by Gasteiger charge is 2.33. The van der Waals surface area contributed by atoms with Crippen LogP contribution in [0.1, 0.15) is 26.3 Å². The number of benzene rings is 2. The first-order valence-corrected chi connectivity index (χ1v) is 7.54. The summed E-state index contributed by atoms with van der Waals surface area (Å²) >= 11 is 5.62. The van der Waals surface area contributed by atoms with E-state index in [0.29, 0.717) is 11.3 Å². The number of Topliss-reactive ketones (excluding diaryl/α,β-unsaturated/α-hetero) is 1. The van der Waals surface area contributed by atoms with Crippen molar-refractivity contribution in [3.63, 3.8) is 0 Å². The molecule has 3 rings (SSSR count). The van der Waals surface area contributed by atoms with Gasteiger partial charge in [-0.1, -0.05) is 17.7 Å². The molecule has 0 aliphatic carbocycles. The summed E-state index contributed by atoms with van der Waals surface area (Å²) in [4.78, 5) is 37.5. The zero-order chi connectivity index (χ0) is 18.3. The van der Waals surface area contributed by atoms with Crippen LogP contribution in [-0.2, 0) is 4.79 Å². The number of anilines is 1. The fourth-order valence-corrected chi connectivity index (χ4v) is 2.69. The number of halogens is 2. The number of hydrogen-bond donors (Lipinski definition) is 1. The second-order valence-corrected chi connectivity index (χ2v) is 5.87. The summed E-state index contributed by atoms with van der Waals surface area (Å²) < 4.78 is 13.6. The highest BCUT2D eigenvalue weighted by Crippen LogP contribution is 2.31. The van der Waals surface area contributed by atoms with Crippen LogP contribution in [0.2, 0.25) is 5.02 Å². The topological polar surface area (TPSA) is 74.7 Å². The maximum Gasteiger partial charge on any atom is 0.335 e. The SMILES string of the molecule is CN1C(=O)C(=Cc2ccc(Cl)c(F)c2)C(=O)c2cc(C(=O)O)ccc21. The number of carbonyl (C=O) groups excluding carboxylic acids is 2. The highest BCUT2D eigenvalue weighted by molar-refractivity contribution is 6.36. The van der Waals surface area contributed by atoms with Gasteiger partial charge in [-0.15, -0.1) is 0 Å². The van der Waals surface area contributed by atoms with Gasteiger partial charge in [-0.25, -0.2) is 9.18 Å². The Bertz CT molecular complexity index is 968. The van der Waals surface area contributed by atoms with Crippen LogP contribution in [0, 0.1) is 5.82 Å². The van der Waals surface area contributed by atoms with E-state index >= 15 is 0 Å². The van der Waals surface area contributed by atoms with Crippen molar-refractivity contribution in [1.82, 2.24) is 0 Å². The number of amides is 1. The Morgan fingerprint density at radius 1 is 1.20 bits per heavy atom. The Morgan fingerprint density at radius 2 is 1.92 bits per heavy atom. The van der Waals surface area contributed by atoms with E-state index in [9.17, 15) is 18.8 Å². The molecule has 0 saturated carbocycles. The lowest BCUT2D eigenvalue weighted by atomic mass is 9.92. The van der Waals surface area contributed by atoms with Crippen LogP contribution >= 0.6 is 11.6 Å². The molecule has 7 heteroatoms. The number of rotatable bonds is 2. The molecule has 0 unspecified atom stereocenters. The highest BCUT2D eigenvalue weighted by atomic mass is 35.5. The third-order valence-electron chi connectivity index (χ3n) is 3.88. The second-order valence-electron chi connectivity index (χ2n) is 5.46. The van der Waals surface area contributed by atoms with E-state index in [-0.39, 0.29) is 21.7 Å². The molecule has 2 aromatic rings. The lowest BCUT2D eigenvalue weighted by molar-refractivity contribution is -0.114. The summed E-state index contributed by atoms with van der Waals surface area (Å²) in [6.07, 6.45) is 1.26. The molecule has 2 aromatic carbocycles. The van der Waals surface area contributed by atoms with Gasteiger partial charge in [-0.05, 0) is 42.0 Å². The molecule has 0 atom stereocenters. The van der Waals surface area contributed by atoms with E-state index in [2.05, 4.69) is 0 Å². The fraction of sp³-hybridized carbons (Fsp3) is 0.0556. The number of ketones is 1. The quantitative estimate of drug-likeness (QED) is 0.658. The van der Waals surface area contributed by atoms with Crippen molar-refractivity contribution in [3.05, 3.63) is 69.5 Å². The minimum atomic E-state index is -1.18. The molecule has 0 radical (unpaired) electrons. The molecular weight excluding hydrogens is 349 g/mol. The number of nitrogens with zero attached hydrogens (tertiary/aromatic N) is 1. The number of likely N-dealkylation sites (N-methyl/N-ethyl adjacent to an activating group) is 1. The summed E-state index contributed by atoms with van der Waals surface area (Å²) in [5.74, 6) is -3.03. The smallest absolute Gasteiger partial charge is 0.335 e. The third-order valence-corrected chi connectivity index (χ3v) is 4.19. The van der Waals surface area contributed by atoms with E-state index in [0.717, 1.165) is 6.07 Å². The molecule has 1 amide bonds. The van der Waals surface area contributed by atoms with Gasteiger partial charge >= 0.3 is 5.97 Å². The lowest BCUT2D eigenvalue weighted by Gasteiger charge is -2.26. The van der Waals surface area contributed by atoms with Crippen molar-refractivity contribution in [2.75, 3.05) is 11.9 Å². The molecule has 1 aliphatic rings. The van der Waals surface area contributed by atoms with E-state index in [1.54, 1.807) is 0 Å². The van der Waals surface area contributed by atoms with Crippen molar-refractivity contribution < 1.29 is 23.9 Å². The van der Waals surface area contributed by atoms with Crippen LogP contribution in [0.4, 0.5) is 10.1 Å². The minimum Gasteiger partial charge on any atom is -0.478 e. The first-order chi connectivity index (χ1) is 11.8. The number of carboxylic acids is 1. The number of carbonyl (C=O) groups is 3. The van der Waals surface area contributed by atoms with Crippen molar-refractivity contribution in [2.45, 2.75) is 0 Å². The average Bonchev–Trinajstić information content (AvgIpc) is 2.59. The first kappa shape index (κ1) is 16.9. The Morgan fingerprint density at radius 3 is 2.56 bits per heavy atom. The Hall–Kier alpha value is -2.99. The first-order valence-electron chi connectivity index (χ1n) is 7.16. The predicted octanol–water partition coefficient (Wildman–Crippen LogP) is 3.42. The van der Waals surface area contributed by atoms with Crippen LogP contribution in [-0.4, -0.2) is 29.8 Å². The van der Waals surface area contributed by atoms with Gasteiger partial charge in [0.25, 0.3) is 5.91 Å². The third kappa shape index (κ3) is 2.92. The maximum atomic E-state index is 13.6. The zero-order valence-corrected chi connectivity index (χ0v) is 13.7. The monoisotopic (exact) mass is 359 g/mol. The van der Waals surface area contributed by atoms with Crippen LogP contribution in [0.15, 0.2) is 42.0 Å². The molecular formula is C18H11ClFNO4. The van der Waals surface area contributed by atoms with Gasteiger partial charge in [0.15, 0.2) is 0 Å². The number of hydrogen-bond acceptors (Lipinski definition) is 3. The van der Waals surface area contributed by atoms with Gasteiger partial charge in [-0.2, -0.15) is 0 Å². The van der Waals surface area contributed by atoms with Gasteiger partial charge in [0.1, 0.15) is 5.82 Å². The van der Waals surface area contributed by atoms with Crippen LogP contribution in [0.5, 0.6) is 0 Å². The van der Waals surface area contributed by atoms with Gasteiger partial charge < -0.3 is 10.0 Å². The van der Waals surface area contributed by atoms with E-state index in [1.165, 1.54) is 48.4 Å². The molecule has 0 aromatic heterocycles. The number of fused-ring (bicyclic) bond motifs is 1. The average molecular weight is 360 g/mol. The Balaban J connectivity index is 2.13. The lowest BCUT2D eigenvalue weighted by Crippen LogP contribution is -2.36. The standard InChI is InChI=1S/C18H11ClFNO4/c1-21-15-5-3-10(18(24)25)8-11(15)16(22)12(17(21)23)6-9-2-4-13(19)14(20)7-9/h2-8H,1H3,(H,24,25).